The summed E-state index contributed by atoms with van der Waals surface area (Å²) in [5.41, 5.74) is -0.502. The molecule has 0 heterocycles. The fourth-order valence-electron chi connectivity index (χ4n) is 10.9. The summed E-state index contributed by atoms with van der Waals surface area (Å²) in [5, 5.41) is 54.6. The lowest BCUT2D eigenvalue weighted by atomic mass is 9.32. The van der Waals surface area contributed by atoms with Crippen LogP contribution in [-0.2, 0) is 4.79 Å². The van der Waals surface area contributed by atoms with E-state index in [1.54, 1.807) is 6.92 Å². The first-order valence-corrected chi connectivity index (χ1v) is 13.9. The Labute approximate surface area is 215 Å². The predicted molar refractivity (Wildman–Crippen MR) is 137 cm³/mol. The molecule has 5 aliphatic rings. The van der Waals surface area contributed by atoms with Crippen LogP contribution in [0.25, 0.3) is 0 Å². The van der Waals surface area contributed by atoms with Crippen LogP contribution in [0.4, 0.5) is 0 Å². The molecule has 6 heteroatoms. The topological polar surface area (TPSA) is 118 Å². The lowest BCUT2D eigenvalue weighted by Crippen LogP contribution is -2.71. The van der Waals surface area contributed by atoms with Gasteiger partial charge in [-0.3, -0.25) is 4.79 Å². The Morgan fingerprint density at radius 2 is 1.72 bits per heavy atom. The Kier molecular flexibility index (Phi) is 5.80. The molecule has 12 atom stereocenters. The second-order valence-corrected chi connectivity index (χ2v) is 14.2. The van der Waals surface area contributed by atoms with Crippen molar-refractivity contribution >= 4 is 5.97 Å². The predicted octanol–water partition coefficient (Wildman–Crippen LogP) is 3.92. The van der Waals surface area contributed by atoms with Gasteiger partial charge in [-0.2, -0.15) is 0 Å². The third-order valence-electron chi connectivity index (χ3n) is 13.0. The van der Waals surface area contributed by atoms with Gasteiger partial charge in [0.05, 0.1) is 30.3 Å². The molecule has 202 valence electrons. The molecule has 0 unspecified atom stereocenters. The molecule has 0 aliphatic heterocycles. The minimum Gasteiger partial charge on any atom is -0.481 e. The Hall–Kier alpha value is -1.21. The van der Waals surface area contributed by atoms with Crippen LogP contribution < -0.4 is 0 Å². The highest BCUT2D eigenvalue weighted by molar-refractivity contribution is 5.77. The first kappa shape index (κ1) is 26.4. The number of allylic oxidation sites excluding steroid dienone is 3. The van der Waals surface area contributed by atoms with Crippen LogP contribution in [0.5, 0.6) is 0 Å². The molecule has 36 heavy (non-hydrogen) atoms. The van der Waals surface area contributed by atoms with Crippen LogP contribution in [0.1, 0.15) is 79.6 Å². The number of carboxylic acids is 1. The monoisotopic (exact) mass is 502 g/mol. The molecular weight excluding hydrogens is 456 g/mol. The van der Waals surface area contributed by atoms with E-state index in [0.717, 1.165) is 24.8 Å². The summed E-state index contributed by atoms with van der Waals surface area (Å²) in [5.74, 6) is -0.931. The summed E-state index contributed by atoms with van der Waals surface area (Å²) in [4.78, 5) is 12.8. The SMILES string of the molecule is C=C1CC[C@]2(C(=O)O)CC[C@]3(C)C(=CC[C@@H]4[C@@]5(C)C[C@@H](O)[C@H](O)[C@@](C)(CO)[C@H]5[C@H](O)C[C@]43C)[C@@H]2[C@H]1C. The summed E-state index contributed by atoms with van der Waals surface area (Å²) in [6.45, 7) is 14.7. The maximum Gasteiger partial charge on any atom is 0.310 e. The molecule has 0 aromatic rings. The van der Waals surface area contributed by atoms with Gasteiger partial charge in [0.2, 0.25) is 0 Å². The van der Waals surface area contributed by atoms with E-state index in [1.165, 1.54) is 5.57 Å². The zero-order valence-corrected chi connectivity index (χ0v) is 22.6. The molecule has 5 rings (SSSR count). The summed E-state index contributed by atoms with van der Waals surface area (Å²) in [6.07, 6.45) is 3.93. The van der Waals surface area contributed by atoms with Crippen LogP contribution in [0.2, 0.25) is 0 Å². The van der Waals surface area contributed by atoms with Gasteiger partial charge in [-0.15, -0.1) is 0 Å². The lowest BCUT2D eigenvalue weighted by molar-refractivity contribution is -0.273. The number of aliphatic carboxylic acids is 1. The van der Waals surface area contributed by atoms with Crippen molar-refractivity contribution in [3.63, 3.8) is 0 Å². The molecular formula is C30H46O6. The highest BCUT2D eigenvalue weighted by Crippen LogP contribution is 2.75. The third-order valence-corrected chi connectivity index (χ3v) is 13.0. The molecule has 5 N–H and O–H groups in total. The molecule has 5 aliphatic carbocycles. The van der Waals surface area contributed by atoms with E-state index in [9.17, 15) is 30.3 Å². The fourth-order valence-corrected chi connectivity index (χ4v) is 10.9. The minimum absolute atomic E-state index is 0.0852. The molecule has 0 amide bonds. The molecule has 4 saturated carbocycles. The number of hydrogen-bond acceptors (Lipinski definition) is 5. The highest BCUT2D eigenvalue weighted by atomic mass is 16.4. The summed E-state index contributed by atoms with van der Waals surface area (Å²) >= 11 is 0. The van der Waals surface area contributed by atoms with Gasteiger partial charge in [0.1, 0.15) is 0 Å². The van der Waals surface area contributed by atoms with E-state index in [0.29, 0.717) is 25.7 Å². The van der Waals surface area contributed by atoms with Gasteiger partial charge in [0.15, 0.2) is 0 Å². The number of aliphatic hydroxyl groups is 4. The van der Waals surface area contributed by atoms with Gasteiger partial charge in [-0.05, 0) is 73.0 Å². The molecule has 0 saturated heterocycles. The van der Waals surface area contributed by atoms with Crippen LogP contribution in [0.3, 0.4) is 0 Å². The van der Waals surface area contributed by atoms with Gasteiger partial charge >= 0.3 is 5.97 Å². The number of fused-ring (bicyclic) bond motifs is 7. The maximum absolute atomic E-state index is 12.8. The average Bonchev–Trinajstić information content (AvgIpc) is 2.80. The van der Waals surface area contributed by atoms with Crippen molar-refractivity contribution in [3.05, 3.63) is 23.8 Å². The van der Waals surface area contributed by atoms with E-state index >= 15 is 0 Å². The van der Waals surface area contributed by atoms with E-state index in [-0.39, 0.29) is 41.1 Å². The van der Waals surface area contributed by atoms with Crippen molar-refractivity contribution in [2.75, 3.05) is 6.61 Å². The summed E-state index contributed by atoms with van der Waals surface area (Å²) in [7, 11) is 0. The number of carbonyl (C=O) groups is 1. The smallest absolute Gasteiger partial charge is 0.310 e. The zero-order chi connectivity index (χ0) is 26.6. The highest BCUT2D eigenvalue weighted by Gasteiger charge is 2.72. The van der Waals surface area contributed by atoms with Crippen LogP contribution in [0.15, 0.2) is 23.8 Å². The minimum atomic E-state index is -1.09. The van der Waals surface area contributed by atoms with Crippen LogP contribution in [0, 0.1) is 50.7 Å². The Morgan fingerprint density at radius 1 is 1.06 bits per heavy atom. The van der Waals surface area contributed by atoms with Crippen molar-refractivity contribution in [1.82, 2.24) is 0 Å². The standard InChI is InChI=1S/C30H46O6/c1-16-9-10-30(25(35)36)12-11-28(5)18(22(30)17(16)2)7-8-21-26(3)13-20(33)24(34)27(4,15-31)23(26)19(32)14-29(21,28)6/h7,17,19-24,31-34H,1,8-15H2,2-6H3,(H,35,36)/t17-,19+,20+,21+,22-,23-,24-,26+,27-,28+,29+,30-/m0/s1. The Morgan fingerprint density at radius 3 is 2.33 bits per heavy atom. The summed E-state index contributed by atoms with van der Waals surface area (Å²) < 4.78 is 0. The second-order valence-electron chi connectivity index (χ2n) is 14.2. The van der Waals surface area contributed by atoms with Crippen LogP contribution >= 0.6 is 0 Å². The van der Waals surface area contributed by atoms with Gasteiger partial charge < -0.3 is 25.5 Å². The summed E-state index contributed by atoms with van der Waals surface area (Å²) in [6, 6.07) is 0. The molecule has 4 fully saturated rings. The Balaban J connectivity index is 1.66. The fraction of sp³-hybridized carbons (Fsp3) is 0.833. The molecule has 0 bridgehead atoms. The van der Waals surface area contributed by atoms with Crippen LogP contribution in [-0.4, -0.2) is 56.4 Å². The maximum atomic E-state index is 12.8. The molecule has 0 aromatic heterocycles. The van der Waals surface area contributed by atoms with E-state index in [1.807, 2.05) is 0 Å². The number of rotatable bonds is 2. The third kappa shape index (κ3) is 2.91. The normalized spacial score (nSPS) is 56.5. The van der Waals surface area contributed by atoms with E-state index in [2.05, 4.69) is 40.3 Å². The number of carboxylic acid groups (broad SMARTS) is 1. The largest absolute Gasteiger partial charge is 0.481 e. The van der Waals surface area contributed by atoms with Crippen molar-refractivity contribution in [1.29, 1.82) is 0 Å². The zero-order valence-electron chi connectivity index (χ0n) is 22.6. The number of hydrogen-bond donors (Lipinski definition) is 5. The first-order valence-electron chi connectivity index (χ1n) is 13.9. The van der Waals surface area contributed by atoms with Crippen molar-refractivity contribution in [3.8, 4) is 0 Å². The Bertz CT molecular complexity index is 1010. The molecule has 0 spiro atoms. The van der Waals surface area contributed by atoms with Gasteiger partial charge in [0.25, 0.3) is 0 Å². The van der Waals surface area contributed by atoms with Crippen molar-refractivity contribution in [2.45, 2.75) is 97.9 Å². The van der Waals surface area contributed by atoms with Gasteiger partial charge in [0, 0.05) is 17.3 Å². The number of aliphatic hydroxyl groups excluding tert-OH is 4. The van der Waals surface area contributed by atoms with Gasteiger partial charge in [-0.1, -0.05) is 58.4 Å². The van der Waals surface area contributed by atoms with Crippen molar-refractivity contribution in [2.24, 2.45) is 50.7 Å². The molecule has 6 nitrogen and oxygen atoms in total. The average molecular weight is 503 g/mol. The molecule has 0 radical (unpaired) electrons. The van der Waals surface area contributed by atoms with E-state index < -0.39 is 40.5 Å². The second kappa shape index (κ2) is 7.91. The lowest BCUT2D eigenvalue weighted by Gasteiger charge is -2.72. The van der Waals surface area contributed by atoms with Crippen molar-refractivity contribution < 1.29 is 30.3 Å². The van der Waals surface area contributed by atoms with Gasteiger partial charge in [-0.25, -0.2) is 0 Å². The first-order chi connectivity index (χ1) is 16.6. The quantitative estimate of drug-likeness (QED) is 0.365. The molecule has 0 aromatic carbocycles. The van der Waals surface area contributed by atoms with E-state index in [4.69, 9.17) is 0 Å².